The van der Waals surface area contributed by atoms with E-state index in [-0.39, 0.29) is 11.8 Å². The Morgan fingerprint density at radius 2 is 2.30 bits per heavy atom. The molecule has 1 atom stereocenters. The quantitative estimate of drug-likeness (QED) is 0.611. The predicted molar refractivity (Wildman–Crippen MR) is 83.5 cm³/mol. The van der Waals surface area contributed by atoms with Gasteiger partial charge in [-0.25, -0.2) is 4.98 Å². The number of carbonyl (C=O) groups excluding carboxylic acids is 1. The van der Waals surface area contributed by atoms with E-state index in [2.05, 4.69) is 26.3 Å². The zero-order chi connectivity index (χ0) is 16.1. The maximum Gasteiger partial charge on any atom is 0.255 e. The van der Waals surface area contributed by atoms with E-state index in [9.17, 15) is 4.79 Å². The van der Waals surface area contributed by atoms with Crippen LogP contribution in [0.3, 0.4) is 0 Å². The Hall–Kier alpha value is -2.54. The lowest BCUT2D eigenvalue weighted by Crippen LogP contribution is -2.35. The summed E-state index contributed by atoms with van der Waals surface area (Å²) in [6.07, 6.45) is 8.45. The zero-order valence-electron chi connectivity index (χ0n) is 12.8. The number of carbonyl (C=O) groups is 1. The predicted octanol–water partition coefficient (Wildman–Crippen LogP) is 1.15. The third-order valence-electron chi connectivity index (χ3n) is 3.78. The molecule has 2 aromatic heterocycles. The van der Waals surface area contributed by atoms with Gasteiger partial charge in [-0.2, -0.15) is 10.2 Å². The van der Waals surface area contributed by atoms with E-state index in [1.165, 1.54) is 12.4 Å². The lowest BCUT2D eigenvalue weighted by atomic mass is 10.1. The number of imidazole rings is 1. The van der Waals surface area contributed by atoms with Gasteiger partial charge in [-0.15, -0.1) is 6.58 Å². The number of hydrogen-bond donors (Lipinski definition) is 0. The maximum atomic E-state index is 12.7. The number of nitrogens with zero attached hydrogens (tertiary/aromatic N) is 5. The molecular formula is C16H19N5O2. The van der Waals surface area contributed by atoms with Crippen molar-refractivity contribution in [3.05, 3.63) is 54.9 Å². The molecule has 120 valence electrons. The monoisotopic (exact) mass is 313 g/mol. The number of ether oxygens (including phenoxy) is 1. The lowest BCUT2D eigenvalue weighted by molar-refractivity contribution is 0.0637. The van der Waals surface area contributed by atoms with Crippen LogP contribution in [0.1, 0.15) is 16.2 Å². The first kappa shape index (κ1) is 15.4. The Kier molecular flexibility index (Phi) is 4.77. The molecule has 0 saturated carbocycles. The van der Waals surface area contributed by atoms with Crippen LogP contribution in [-0.2, 0) is 17.8 Å². The number of aromatic nitrogens is 4. The van der Waals surface area contributed by atoms with E-state index in [1.54, 1.807) is 23.2 Å². The summed E-state index contributed by atoms with van der Waals surface area (Å²) in [6.45, 7) is 6.61. The van der Waals surface area contributed by atoms with Crippen LogP contribution in [0.4, 0.5) is 0 Å². The van der Waals surface area contributed by atoms with E-state index in [0.717, 1.165) is 12.4 Å². The summed E-state index contributed by atoms with van der Waals surface area (Å²) in [5.74, 6) is 1.01. The van der Waals surface area contributed by atoms with Crippen LogP contribution >= 0.6 is 0 Å². The number of hydrogen-bond acceptors (Lipinski definition) is 5. The van der Waals surface area contributed by atoms with Crippen LogP contribution in [0.2, 0.25) is 0 Å². The highest BCUT2D eigenvalue weighted by Gasteiger charge is 2.26. The van der Waals surface area contributed by atoms with Gasteiger partial charge in [-0.3, -0.25) is 4.79 Å². The largest absolute Gasteiger partial charge is 0.377 e. The molecule has 1 aliphatic rings. The Morgan fingerprint density at radius 1 is 1.39 bits per heavy atom. The van der Waals surface area contributed by atoms with Crippen LogP contribution in [-0.4, -0.2) is 50.3 Å². The zero-order valence-corrected chi connectivity index (χ0v) is 12.8. The molecule has 7 nitrogen and oxygen atoms in total. The molecular weight excluding hydrogens is 294 g/mol. The SMILES string of the molecule is C=CCOCC1CN(C(=O)c2ccnnc2)Cc2nccn2C1. The van der Waals surface area contributed by atoms with Gasteiger partial charge in [0.1, 0.15) is 5.82 Å². The minimum Gasteiger partial charge on any atom is -0.377 e. The Morgan fingerprint density at radius 3 is 3.09 bits per heavy atom. The summed E-state index contributed by atoms with van der Waals surface area (Å²) < 4.78 is 7.67. The fourth-order valence-corrected chi connectivity index (χ4v) is 2.72. The second-order valence-corrected chi connectivity index (χ2v) is 5.50. The molecule has 0 N–H and O–H groups in total. The highest BCUT2D eigenvalue weighted by molar-refractivity contribution is 5.93. The van der Waals surface area contributed by atoms with Crippen molar-refractivity contribution in [2.75, 3.05) is 19.8 Å². The molecule has 1 unspecified atom stereocenters. The molecule has 2 aromatic rings. The molecule has 3 heterocycles. The average molecular weight is 313 g/mol. The second kappa shape index (κ2) is 7.15. The average Bonchev–Trinajstić information content (AvgIpc) is 2.94. The van der Waals surface area contributed by atoms with Gasteiger partial charge in [-0.05, 0) is 6.07 Å². The van der Waals surface area contributed by atoms with E-state index in [1.807, 2.05) is 6.20 Å². The number of rotatable bonds is 5. The molecule has 0 aromatic carbocycles. The second-order valence-electron chi connectivity index (χ2n) is 5.50. The van der Waals surface area contributed by atoms with E-state index < -0.39 is 0 Å². The van der Waals surface area contributed by atoms with Gasteiger partial charge in [0.2, 0.25) is 0 Å². The maximum absolute atomic E-state index is 12.7. The van der Waals surface area contributed by atoms with Gasteiger partial charge < -0.3 is 14.2 Å². The Labute approximate surface area is 134 Å². The molecule has 1 amide bonds. The first-order valence-electron chi connectivity index (χ1n) is 7.52. The molecule has 1 aliphatic heterocycles. The molecule has 0 radical (unpaired) electrons. The van der Waals surface area contributed by atoms with E-state index >= 15 is 0 Å². The summed E-state index contributed by atoms with van der Waals surface area (Å²) in [7, 11) is 0. The van der Waals surface area contributed by atoms with Crippen molar-refractivity contribution in [3.63, 3.8) is 0 Å². The van der Waals surface area contributed by atoms with Crippen LogP contribution in [0.5, 0.6) is 0 Å². The van der Waals surface area contributed by atoms with Crippen molar-refractivity contribution in [2.24, 2.45) is 5.92 Å². The van der Waals surface area contributed by atoms with Gasteiger partial charge in [0, 0.05) is 31.4 Å². The molecule has 23 heavy (non-hydrogen) atoms. The first-order chi connectivity index (χ1) is 11.3. The number of fused-ring (bicyclic) bond motifs is 1. The topological polar surface area (TPSA) is 73.1 Å². The van der Waals surface area contributed by atoms with Crippen molar-refractivity contribution in [1.29, 1.82) is 0 Å². The first-order valence-corrected chi connectivity index (χ1v) is 7.52. The third kappa shape index (κ3) is 3.62. The standard InChI is InChI=1S/C16H19N5O2/c1-2-7-23-12-13-9-20-6-5-17-15(20)11-21(10-13)16(22)14-3-4-18-19-8-14/h2-6,8,13H,1,7,9-12H2. The summed E-state index contributed by atoms with van der Waals surface area (Å²) in [5.41, 5.74) is 0.533. The Balaban J connectivity index is 1.79. The summed E-state index contributed by atoms with van der Waals surface area (Å²) in [6, 6.07) is 1.68. The van der Waals surface area contributed by atoms with Gasteiger partial charge in [0.25, 0.3) is 5.91 Å². The lowest BCUT2D eigenvalue weighted by Gasteiger charge is -2.23. The Bertz CT molecular complexity index is 670. The molecule has 0 spiro atoms. The summed E-state index contributed by atoms with van der Waals surface area (Å²) in [5, 5.41) is 7.50. The van der Waals surface area contributed by atoms with Crippen LogP contribution in [0.25, 0.3) is 0 Å². The van der Waals surface area contributed by atoms with Crippen molar-refractivity contribution < 1.29 is 9.53 Å². The molecule has 7 heteroatoms. The van der Waals surface area contributed by atoms with Crippen molar-refractivity contribution in [3.8, 4) is 0 Å². The number of amides is 1. The van der Waals surface area contributed by atoms with Gasteiger partial charge in [0.05, 0.1) is 37.7 Å². The van der Waals surface area contributed by atoms with Crippen LogP contribution in [0, 0.1) is 5.92 Å². The third-order valence-corrected chi connectivity index (χ3v) is 3.78. The molecule has 0 bridgehead atoms. The fraction of sp³-hybridized carbons (Fsp3) is 0.375. The van der Waals surface area contributed by atoms with E-state index in [0.29, 0.717) is 31.9 Å². The highest BCUT2D eigenvalue weighted by Crippen LogP contribution is 2.18. The highest BCUT2D eigenvalue weighted by atomic mass is 16.5. The minimum atomic E-state index is -0.0647. The molecule has 0 aliphatic carbocycles. The summed E-state index contributed by atoms with van der Waals surface area (Å²) in [4.78, 5) is 18.9. The summed E-state index contributed by atoms with van der Waals surface area (Å²) >= 11 is 0. The normalized spacial score (nSPS) is 17.4. The van der Waals surface area contributed by atoms with Gasteiger partial charge in [-0.1, -0.05) is 6.08 Å². The van der Waals surface area contributed by atoms with Gasteiger partial charge in [0.15, 0.2) is 0 Å². The van der Waals surface area contributed by atoms with Crippen LogP contribution < -0.4 is 0 Å². The fourth-order valence-electron chi connectivity index (χ4n) is 2.72. The van der Waals surface area contributed by atoms with Crippen molar-refractivity contribution in [1.82, 2.24) is 24.6 Å². The van der Waals surface area contributed by atoms with E-state index in [4.69, 9.17) is 4.74 Å². The molecule has 3 rings (SSSR count). The van der Waals surface area contributed by atoms with Crippen LogP contribution in [0.15, 0.2) is 43.5 Å². The van der Waals surface area contributed by atoms with Gasteiger partial charge >= 0.3 is 0 Å². The van der Waals surface area contributed by atoms with Crippen molar-refractivity contribution in [2.45, 2.75) is 13.1 Å². The van der Waals surface area contributed by atoms with Crippen molar-refractivity contribution >= 4 is 5.91 Å². The molecule has 0 fully saturated rings. The smallest absolute Gasteiger partial charge is 0.255 e. The molecule has 0 saturated heterocycles. The minimum absolute atomic E-state index is 0.0647.